The fourth-order valence-electron chi connectivity index (χ4n) is 3.20. The highest BCUT2D eigenvalue weighted by atomic mass is 19.4. The molecule has 0 saturated carbocycles. The number of likely N-dealkylation sites (tertiary alicyclic amines) is 1. The number of nitrogen functional groups attached to an aromatic ring is 1. The van der Waals surface area contributed by atoms with Crippen LogP contribution in [-0.4, -0.2) is 54.5 Å². The molecule has 2 aromatic rings. The lowest BCUT2D eigenvalue weighted by molar-refractivity contribution is -0.274. The number of anilines is 4. The smallest absolute Gasteiger partial charge is 0.406 e. The van der Waals surface area contributed by atoms with E-state index in [0.717, 1.165) is 25.9 Å². The largest absolute Gasteiger partial charge is 0.573 e. The molecule has 0 unspecified atom stereocenters. The topological polar surface area (TPSA) is 79.5 Å². The molecule has 7 nitrogen and oxygen atoms in total. The van der Waals surface area contributed by atoms with Gasteiger partial charge in [0, 0.05) is 18.8 Å². The number of piperidine rings is 1. The first-order chi connectivity index (χ1) is 13.2. The molecule has 28 heavy (non-hydrogen) atoms. The van der Waals surface area contributed by atoms with Gasteiger partial charge in [-0.15, -0.1) is 13.2 Å². The van der Waals surface area contributed by atoms with E-state index in [4.69, 9.17) is 5.73 Å². The van der Waals surface area contributed by atoms with Gasteiger partial charge in [0.1, 0.15) is 17.8 Å². The number of rotatable bonds is 5. The van der Waals surface area contributed by atoms with E-state index in [1.807, 2.05) is 7.05 Å². The number of nitrogens with two attached hydrogens (primary N) is 1. The Balaban J connectivity index is 1.72. The number of benzene rings is 1. The second kappa shape index (κ2) is 8.09. The number of hydrogen-bond acceptors (Lipinski definition) is 7. The number of nitrogens with one attached hydrogen (secondary N) is 1. The Kier molecular flexibility index (Phi) is 5.78. The Hall–Kier alpha value is -2.75. The van der Waals surface area contributed by atoms with Crippen LogP contribution in [0.3, 0.4) is 0 Å². The van der Waals surface area contributed by atoms with Gasteiger partial charge in [-0.25, -0.2) is 9.97 Å². The van der Waals surface area contributed by atoms with Crippen LogP contribution >= 0.6 is 0 Å². The summed E-state index contributed by atoms with van der Waals surface area (Å²) in [5.41, 5.74) is 7.19. The maximum atomic E-state index is 12.3. The van der Waals surface area contributed by atoms with Crippen molar-refractivity contribution < 1.29 is 17.9 Å². The molecule has 2 heterocycles. The molecule has 3 rings (SSSR count). The molecule has 0 bridgehead atoms. The second-order valence-corrected chi connectivity index (χ2v) is 6.80. The molecule has 1 saturated heterocycles. The van der Waals surface area contributed by atoms with E-state index in [2.05, 4.69) is 36.9 Å². The van der Waals surface area contributed by atoms with Gasteiger partial charge in [-0.05, 0) is 57.2 Å². The molecule has 3 N–H and O–H groups in total. The molecule has 0 atom stereocenters. The number of ether oxygens (including phenoxy) is 1. The average Bonchev–Trinajstić information content (AvgIpc) is 2.64. The third-order valence-electron chi connectivity index (χ3n) is 4.78. The van der Waals surface area contributed by atoms with E-state index in [-0.39, 0.29) is 5.75 Å². The van der Waals surface area contributed by atoms with Gasteiger partial charge in [-0.2, -0.15) is 0 Å². The highest BCUT2D eigenvalue weighted by Crippen LogP contribution is 2.31. The molecule has 0 radical (unpaired) electrons. The van der Waals surface area contributed by atoms with Crippen molar-refractivity contribution in [3.63, 3.8) is 0 Å². The molecular formula is C18H23F3N6O. The summed E-state index contributed by atoms with van der Waals surface area (Å²) in [6, 6.07) is 5.70. The summed E-state index contributed by atoms with van der Waals surface area (Å²) in [6.07, 6.45) is -1.28. The third kappa shape index (κ3) is 4.94. The van der Waals surface area contributed by atoms with E-state index < -0.39 is 6.36 Å². The van der Waals surface area contributed by atoms with Gasteiger partial charge in [-0.1, -0.05) is 0 Å². The molecule has 1 aromatic carbocycles. The summed E-state index contributed by atoms with van der Waals surface area (Å²) in [4.78, 5) is 12.8. The Bertz CT molecular complexity index is 791. The van der Waals surface area contributed by atoms with Crippen LogP contribution in [0.5, 0.6) is 5.75 Å². The molecule has 152 valence electrons. The number of nitrogens with zero attached hydrogens (tertiary/aromatic N) is 4. The van der Waals surface area contributed by atoms with Gasteiger partial charge in [0.05, 0.1) is 0 Å². The number of alkyl halides is 3. The van der Waals surface area contributed by atoms with E-state index in [1.54, 1.807) is 0 Å². The number of halogens is 3. The van der Waals surface area contributed by atoms with E-state index in [0.29, 0.717) is 29.1 Å². The fraction of sp³-hybridized carbons (Fsp3) is 0.444. The summed E-state index contributed by atoms with van der Waals surface area (Å²) in [7, 11) is 4.06. The summed E-state index contributed by atoms with van der Waals surface area (Å²) in [5, 5.41) is 3.02. The normalized spacial score (nSPS) is 16.0. The zero-order chi connectivity index (χ0) is 20.3. The van der Waals surface area contributed by atoms with Gasteiger partial charge in [0.15, 0.2) is 11.6 Å². The Morgan fingerprint density at radius 2 is 1.82 bits per heavy atom. The minimum atomic E-state index is -4.72. The highest BCUT2D eigenvalue weighted by Gasteiger charge is 2.31. The molecule has 1 aliphatic rings. The SMILES string of the molecule is CN1CCC(N(C)c2ncnc(Nc3ccc(OC(F)(F)F)cc3)c2N)CC1. The van der Waals surface area contributed by atoms with Crippen LogP contribution in [-0.2, 0) is 0 Å². The van der Waals surface area contributed by atoms with E-state index in [9.17, 15) is 13.2 Å². The minimum Gasteiger partial charge on any atom is -0.406 e. The highest BCUT2D eigenvalue weighted by molar-refractivity contribution is 5.78. The lowest BCUT2D eigenvalue weighted by Crippen LogP contribution is -2.42. The molecule has 0 amide bonds. The van der Waals surface area contributed by atoms with Crippen LogP contribution in [0.25, 0.3) is 0 Å². The first-order valence-electron chi connectivity index (χ1n) is 8.87. The summed E-state index contributed by atoms with van der Waals surface area (Å²) in [5.74, 6) is 0.731. The van der Waals surface area contributed by atoms with E-state index in [1.165, 1.54) is 30.6 Å². The fourth-order valence-corrected chi connectivity index (χ4v) is 3.20. The lowest BCUT2D eigenvalue weighted by Gasteiger charge is -2.36. The second-order valence-electron chi connectivity index (χ2n) is 6.80. The van der Waals surface area contributed by atoms with Crippen molar-refractivity contribution in [2.24, 2.45) is 0 Å². The van der Waals surface area contributed by atoms with Crippen LogP contribution in [0.1, 0.15) is 12.8 Å². The van der Waals surface area contributed by atoms with Crippen LogP contribution in [0.2, 0.25) is 0 Å². The van der Waals surface area contributed by atoms with Crippen LogP contribution in [0.15, 0.2) is 30.6 Å². The maximum absolute atomic E-state index is 12.3. The Labute approximate surface area is 161 Å². The molecule has 0 aliphatic carbocycles. The summed E-state index contributed by atoms with van der Waals surface area (Å²) < 4.78 is 40.6. The van der Waals surface area contributed by atoms with Crippen molar-refractivity contribution in [1.29, 1.82) is 0 Å². The van der Waals surface area contributed by atoms with Crippen molar-refractivity contribution in [3.05, 3.63) is 30.6 Å². The molecule has 10 heteroatoms. The third-order valence-corrected chi connectivity index (χ3v) is 4.78. The first-order valence-corrected chi connectivity index (χ1v) is 8.87. The van der Waals surface area contributed by atoms with Crippen molar-refractivity contribution >= 4 is 23.0 Å². The Morgan fingerprint density at radius 3 is 2.43 bits per heavy atom. The predicted molar refractivity (Wildman–Crippen MR) is 102 cm³/mol. The van der Waals surface area contributed by atoms with Crippen LogP contribution in [0, 0.1) is 0 Å². The lowest BCUT2D eigenvalue weighted by atomic mass is 10.0. The Morgan fingerprint density at radius 1 is 1.18 bits per heavy atom. The van der Waals surface area contributed by atoms with Gasteiger partial charge in [0.2, 0.25) is 0 Å². The molecular weight excluding hydrogens is 373 g/mol. The van der Waals surface area contributed by atoms with Gasteiger partial charge >= 0.3 is 6.36 Å². The molecule has 0 spiro atoms. The molecule has 1 aromatic heterocycles. The minimum absolute atomic E-state index is 0.295. The molecule has 1 fully saturated rings. The van der Waals surface area contributed by atoms with Crippen molar-refractivity contribution in [3.8, 4) is 5.75 Å². The average molecular weight is 396 g/mol. The van der Waals surface area contributed by atoms with Crippen LogP contribution in [0.4, 0.5) is 36.2 Å². The predicted octanol–water partition coefficient (Wildman–Crippen LogP) is 3.23. The van der Waals surface area contributed by atoms with Gasteiger partial charge < -0.3 is 25.6 Å². The standard InChI is InChI=1S/C18H23F3N6O/c1-26-9-7-13(8-10-26)27(2)17-15(22)16(23-11-24-17)25-12-3-5-14(6-4-12)28-18(19,20)21/h3-6,11,13H,7-10,22H2,1-2H3,(H,23,24,25). The van der Waals surface area contributed by atoms with Crippen molar-refractivity contribution in [1.82, 2.24) is 14.9 Å². The number of aromatic nitrogens is 2. The summed E-state index contributed by atoms with van der Waals surface area (Å²) in [6.45, 7) is 2.02. The summed E-state index contributed by atoms with van der Waals surface area (Å²) >= 11 is 0. The maximum Gasteiger partial charge on any atom is 0.573 e. The number of hydrogen-bond donors (Lipinski definition) is 2. The molecule has 1 aliphatic heterocycles. The zero-order valence-corrected chi connectivity index (χ0v) is 15.7. The first kappa shape index (κ1) is 20.0. The monoisotopic (exact) mass is 396 g/mol. The van der Waals surface area contributed by atoms with Crippen molar-refractivity contribution in [2.45, 2.75) is 25.2 Å². The zero-order valence-electron chi connectivity index (χ0n) is 15.7. The van der Waals surface area contributed by atoms with Gasteiger partial charge in [-0.3, -0.25) is 0 Å². The quantitative estimate of drug-likeness (QED) is 0.803. The van der Waals surface area contributed by atoms with E-state index >= 15 is 0 Å². The van der Waals surface area contributed by atoms with Gasteiger partial charge in [0.25, 0.3) is 0 Å². The van der Waals surface area contributed by atoms with Crippen LogP contribution < -0.4 is 20.7 Å². The van der Waals surface area contributed by atoms with Crippen molar-refractivity contribution in [2.75, 3.05) is 43.1 Å².